The molecule has 0 saturated heterocycles. The van der Waals surface area contributed by atoms with Crippen LogP contribution in [0.4, 0.5) is 0 Å². The van der Waals surface area contributed by atoms with Gasteiger partial charge in [0.2, 0.25) is 0 Å². The third kappa shape index (κ3) is 1.57. The number of nitrogens with zero attached hydrogens (tertiary/aromatic N) is 4. The molecule has 1 rings (SSSR count). The van der Waals surface area contributed by atoms with Gasteiger partial charge in [0.05, 0.1) is 0 Å². The minimum Gasteiger partial charge on any atom is -0.365 e. The monoisotopic (exact) mass is 168 g/mol. The van der Waals surface area contributed by atoms with E-state index in [9.17, 15) is 0 Å². The van der Waals surface area contributed by atoms with E-state index < -0.39 is 0 Å². The maximum atomic E-state index is 4.24. The normalized spacial score (nSPS) is 23.5. The van der Waals surface area contributed by atoms with Crippen LogP contribution in [-0.4, -0.2) is 56.2 Å². The van der Waals surface area contributed by atoms with Crippen molar-refractivity contribution in [3.05, 3.63) is 0 Å². The number of likely N-dealkylation sites (N-methyl/N-ethyl adjacent to an activating group) is 2. The molecule has 0 aromatic rings. The molecule has 0 aromatic carbocycles. The van der Waals surface area contributed by atoms with Gasteiger partial charge in [-0.15, -0.1) is 0 Å². The van der Waals surface area contributed by atoms with E-state index >= 15 is 0 Å². The summed E-state index contributed by atoms with van der Waals surface area (Å²) in [5.41, 5.74) is 0. The minimum atomic E-state index is 0.324. The fraction of sp³-hybridized carbons (Fsp3) is 0.750. The molecule has 4 heteroatoms. The molecule has 12 heavy (non-hydrogen) atoms. The van der Waals surface area contributed by atoms with Crippen LogP contribution in [0.25, 0.3) is 0 Å². The van der Waals surface area contributed by atoms with Gasteiger partial charge in [-0.05, 0) is 0 Å². The fourth-order valence-corrected chi connectivity index (χ4v) is 1.43. The second-order valence-electron chi connectivity index (χ2n) is 3.10. The van der Waals surface area contributed by atoms with Crippen molar-refractivity contribution in [2.45, 2.75) is 12.5 Å². The molecule has 0 radical (unpaired) electrons. The van der Waals surface area contributed by atoms with Crippen molar-refractivity contribution in [2.75, 3.05) is 28.2 Å². The SMILES string of the molecule is CN=C(C1CC=NN1C)N(C)C. The van der Waals surface area contributed by atoms with Gasteiger partial charge in [0, 0.05) is 40.8 Å². The van der Waals surface area contributed by atoms with Crippen LogP contribution in [0.3, 0.4) is 0 Å². The van der Waals surface area contributed by atoms with Crippen LogP contribution in [0.2, 0.25) is 0 Å². The predicted octanol–water partition coefficient (Wildman–Crippen LogP) is 0.266. The Hall–Kier alpha value is -1.06. The van der Waals surface area contributed by atoms with E-state index in [0.717, 1.165) is 12.3 Å². The van der Waals surface area contributed by atoms with Crippen LogP contribution in [0.1, 0.15) is 6.42 Å². The van der Waals surface area contributed by atoms with Crippen molar-refractivity contribution in [3.8, 4) is 0 Å². The van der Waals surface area contributed by atoms with Crippen LogP contribution >= 0.6 is 0 Å². The molecule has 1 aliphatic heterocycles. The molecular weight excluding hydrogens is 152 g/mol. The summed E-state index contributed by atoms with van der Waals surface area (Å²) in [5, 5.41) is 6.12. The van der Waals surface area contributed by atoms with Crippen LogP contribution < -0.4 is 0 Å². The van der Waals surface area contributed by atoms with Gasteiger partial charge in [-0.25, -0.2) is 0 Å². The molecule has 1 atom stereocenters. The van der Waals surface area contributed by atoms with Gasteiger partial charge < -0.3 is 4.90 Å². The molecule has 1 heterocycles. The number of hydrogen-bond acceptors (Lipinski definition) is 3. The van der Waals surface area contributed by atoms with Gasteiger partial charge in [-0.3, -0.25) is 10.0 Å². The molecule has 0 bridgehead atoms. The van der Waals surface area contributed by atoms with Crippen molar-refractivity contribution in [3.63, 3.8) is 0 Å². The summed E-state index contributed by atoms with van der Waals surface area (Å²) in [7, 11) is 7.81. The van der Waals surface area contributed by atoms with Crippen molar-refractivity contribution in [1.29, 1.82) is 0 Å². The Morgan fingerprint density at radius 3 is 2.67 bits per heavy atom. The maximum Gasteiger partial charge on any atom is 0.123 e. The lowest BCUT2D eigenvalue weighted by molar-refractivity contribution is 0.328. The smallest absolute Gasteiger partial charge is 0.123 e. The molecule has 0 spiro atoms. The highest BCUT2D eigenvalue weighted by atomic mass is 15.5. The van der Waals surface area contributed by atoms with Crippen LogP contribution in [0, 0.1) is 0 Å². The highest BCUT2D eigenvalue weighted by Gasteiger charge is 2.23. The average Bonchev–Trinajstić information content (AvgIpc) is 2.38. The minimum absolute atomic E-state index is 0.324. The summed E-state index contributed by atoms with van der Waals surface area (Å²) in [6, 6.07) is 0.324. The van der Waals surface area contributed by atoms with E-state index in [1.54, 1.807) is 0 Å². The van der Waals surface area contributed by atoms with Gasteiger partial charge in [-0.1, -0.05) is 0 Å². The predicted molar refractivity (Wildman–Crippen MR) is 51.7 cm³/mol. The number of hydrazone groups is 1. The number of aliphatic imine (C=N–C) groups is 1. The average molecular weight is 168 g/mol. The van der Waals surface area contributed by atoms with Crippen LogP contribution in [-0.2, 0) is 0 Å². The first-order valence-corrected chi connectivity index (χ1v) is 4.06. The summed E-state index contributed by atoms with van der Waals surface area (Å²) < 4.78 is 0. The Morgan fingerprint density at radius 2 is 2.33 bits per heavy atom. The molecule has 1 aliphatic rings. The Bertz CT molecular complexity index is 207. The Kier molecular flexibility index (Phi) is 2.68. The summed E-state index contributed by atoms with van der Waals surface area (Å²) in [4.78, 5) is 6.28. The zero-order chi connectivity index (χ0) is 9.14. The van der Waals surface area contributed by atoms with Crippen molar-refractivity contribution in [2.24, 2.45) is 10.1 Å². The maximum absolute atomic E-state index is 4.24. The summed E-state index contributed by atoms with van der Waals surface area (Å²) in [5.74, 6) is 1.08. The lowest BCUT2D eigenvalue weighted by Gasteiger charge is -2.25. The van der Waals surface area contributed by atoms with Gasteiger partial charge in [0.1, 0.15) is 11.9 Å². The number of rotatable bonds is 1. The summed E-state index contributed by atoms with van der Waals surface area (Å²) in [6.07, 6.45) is 2.89. The number of hydrogen-bond donors (Lipinski definition) is 0. The van der Waals surface area contributed by atoms with Crippen molar-refractivity contribution < 1.29 is 0 Å². The molecule has 4 nitrogen and oxygen atoms in total. The number of amidine groups is 1. The second kappa shape index (κ2) is 3.56. The molecule has 0 aliphatic carbocycles. The van der Waals surface area contributed by atoms with Crippen molar-refractivity contribution in [1.82, 2.24) is 9.91 Å². The van der Waals surface area contributed by atoms with Crippen molar-refractivity contribution >= 4 is 12.1 Å². The Labute approximate surface area is 73.6 Å². The first kappa shape index (κ1) is 9.03. The molecule has 0 fully saturated rings. The first-order valence-electron chi connectivity index (χ1n) is 4.06. The lowest BCUT2D eigenvalue weighted by Crippen LogP contribution is -2.40. The molecule has 1 unspecified atom stereocenters. The molecule has 68 valence electrons. The first-order chi connectivity index (χ1) is 5.66. The lowest BCUT2D eigenvalue weighted by atomic mass is 10.2. The summed E-state index contributed by atoms with van der Waals surface area (Å²) >= 11 is 0. The van der Waals surface area contributed by atoms with Gasteiger partial charge in [-0.2, -0.15) is 5.10 Å². The largest absolute Gasteiger partial charge is 0.365 e. The van der Waals surface area contributed by atoms with E-state index in [1.165, 1.54) is 0 Å². The van der Waals surface area contributed by atoms with E-state index in [2.05, 4.69) is 10.1 Å². The third-order valence-corrected chi connectivity index (χ3v) is 2.03. The van der Waals surface area contributed by atoms with E-state index in [1.807, 2.05) is 44.3 Å². The zero-order valence-electron chi connectivity index (χ0n) is 8.15. The second-order valence-corrected chi connectivity index (χ2v) is 3.10. The van der Waals surface area contributed by atoms with Crippen LogP contribution in [0.5, 0.6) is 0 Å². The van der Waals surface area contributed by atoms with Gasteiger partial charge in [0.25, 0.3) is 0 Å². The molecule has 0 saturated carbocycles. The van der Waals surface area contributed by atoms with E-state index in [4.69, 9.17) is 0 Å². The third-order valence-electron chi connectivity index (χ3n) is 2.03. The molecular formula is C8H16N4. The summed E-state index contributed by atoms with van der Waals surface area (Å²) in [6.45, 7) is 0. The topological polar surface area (TPSA) is 31.2 Å². The zero-order valence-corrected chi connectivity index (χ0v) is 8.15. The molecule has 0 amide bonds. The highest BCUT2D eigenvalue weighted by Crippen LogP contribution is 2.10. The highest BCUT2D eigenvalue weighted by molar-refractivity contribution is 5.90. The fourth-order valence-electron chi connectivity index (χ4n) is 1.43. The molecule has 0 aromatic heterocycles. The Balaban J connectivity index is 2.69. The van der Waals surface area contributed by atoms with Gasteiger partial charge in [0.15, 0.2) is 0 Å². The quantitative estimate of drug-likeness (QED) is 0.415. The Morgan fingerprint density at radius 1 is 1.67 bits per heavy atom. The molecule has 0 N–H and O–H groups in total. The van der Waals surface area contributed by atoms with Crippen LogP contribution in [0.15, 0.2) is 10.1 Å². The standard InChI is InChI=1S/C8H16N4/c1-9-8(11(2)3)7-5-6-10-12(7)4/h6-7H,5H2,1-4H3. The van der Waals surface area contributed by atoms with E-state index in [-0.39, 0.29) is 0 Å². The van der Waals surface area contributed by atoms with E-state index in [0.29, 0.717) is 6.04 Å². The van der Waals surface area contributed by atoms with Gasteiger partial charge >= 0.3 is 0 Å².